The van der Waals surface area contributed by atoms with Crippen LogP contribution in [0.1, 0.15) is 58.8 Å². The maximum absolute atomic E-state index is 5.98. The molecule has 0 amide bonds. The van der Waals surface area contributed by atoms with Crippen LogP contribution in [0, 0.1) is 12.3 Å². The molecule has 124 valence electrons. The lowest BCUT2D eigenvalue weighted by atomic mass is 10.0. The highest BCUT2D eigenvalue weighted by Gasteiger charge is 2.32. The van der Waals surface area contributed by atoms with E-state index >= 15 is 0 Å². The third-order valence-electron chi connectivity index (χ3n) is 4.17. The van der Waals surface area contributed by atoms with Crippen molar-refractivity contribution in [1.82, 2.24) is 15.0 Å². The van der Waals surface area contributed by atoms with Crippen LogP contribution in [0.5, 0.6) is 0 Å². The van der Waals surface area contributed by atoms with Crippen LogP contribution in [0.4, 0.5) is 0 Å². The Morgan fingerprint density at radius 1 is 1.13 bits per heavy atom. The second-order valence-corrected chi connectivity index (χ2v) is 5.87. The van der Waals surface area contributed by atoms with Gasteiger partial charge in [-0.3, -0.25) is 0 Å². The van der Waals surface area contributed by atoms with E-state index in [1.165, 1.54) is 32.1 Å². The van der Waals surface area contributed by atoms with Gasteiger partial charge in [-0.2, -0.15) is 0 Å². The highest BCUT2D eigenvalue weighted by molar-refractivity contribution is 5.74. The average molecular weight is 313 g/mol. The minimum atomic E-state index is -0.838. The van der Waals surface area contributed by atoms with Crippen LogP contribution in [-0.2, 0) is 10.5 Å². The maximum Gasteiger partial charge on any atom is 0.225 e. The monoisotopic (exact) mass is 313 g/mol. The van der Waals surface area contributed by atoms with Gasteiger partial charge in [-0.05, 0) is 31.4 Å². The predicted octanol–water partition coefficient (Wildman–Crippen LogP) is 4.50. The molecule has 1 atom stereocenters. The first-order chi connectivity index (χ1) is 11.3. The molecule has 1 aromatic carbocycles. The predicted molar refractivity (Wildman–Crippen MR) is 94.0 cm³/mol. The van der Waals surface area contributed by atoms with Crippen molar-refractivity contribution in [2.24, 2.45) is 0 Å². The molecule has 4 heteroatoms. The molecule has 1 aromatic heterocycles. The number of nitrogens with zero attached hydrogens (tertiary/aromatic N) is 3. The van der Waals surface area contributed by atoms with Crippen LogP contribution in [0.15, 0.2) is 24.3 Å². The SMILES string of the molecule is C#CC(CCCCCCCC)(OCC)n1nnc2ccccc21. The van der Waals surface area contributed by atoms with E-state index in [2.05, 4.69) is 23.2 Å². The minimum absolute atomic E-state index is 0.550. The first-order valence-electron chi connectivity index (χ1n) is 8.70. The summed E-state index contributed by atoms with van der Waals surface area (Å²) in [6.07, 6.45) is 13.9. The summed E-state index contributed by atoms with van der Waals surface area (Å²) in [5.41, 5.74) is 0.926. The second-order valence-electron chi connectivity index (χ2n) is 5.87. The van der Waals surface area contributed by atoms with Gasteiger partial charge in [0.25, 0.3) is 0 Å². The van der Waals surface area contributed by atoms with Crippen molar-refractivity contribution in [3.05, 3.63) is 24.3 Å². The third kappa shape index (κ3) is 4.11. The van der Waals surface area contributed by atoms with Gasteiger partial charge in [0.15, 0.2) is 0 Å². The Balaban J connectivity index is 2.14. The van der Waals surface area contributed by atoms with Gasteiger partial charge in [-0.25, -0.2) is 4.68 Å². The number of benzene rings is 1. The molecule has 23 heavy (non-hydrogen) atoms. The van der Waals surface area contributed by atoms with E-state index < -0.39 is 5.72 Å². The lowest BCUT2D eigenvalue weighted by Gasteiger charge is -2.28. The van der Waals surface area contributed by atoms with Crippen LogP contribution < -0.4 is 0 Å². The molecule has 1 unspecified atom stereocenters. The topological polar surface area (TPSA) is 39.9 Å². The molecular weight excluding hydrogens is 286 g/mol. The summed E-state index contributed by atoms with van der Waals surface area (Å²) < 4.78 is 7.76. The first kappa shape index (κ1) is 17.5. The number of fused-ring (bicyclic) bond motifs is 1. The van der Waals surface area contributed by atoms with Crippen molar-refractivity contribution in [2.45, 2.75) is 64.5 Å². The zero-order chi connectivity index (χ0) is 16.5. The Morgan fingerprint density at radius 2 is 1.87 bits per heavy atom. The average Bonchev–Trinajstić information content (AvgIpc) is 3.01. The minimum Gasteiger partial charge on any atom is -0.344 e. The highest BCUT2D eigenvalue weighted by atomic mass is 16.5. The second kappa shape index (κ2) is 8.69. The van der Waals surface area contributed by atoms with E-state index in [1.54, 1.807) is 4.68 Å². The van der Waals surface area contributed by atoms with E-state index in [0.29, 0.717) is 6.61 Å². The Bertz CT molecular complexity index is 643. The molecule has 0 aliphatic heterocycles. The van der Waals surface area contributed by atoms with Gasteiger partial charge in [0.05, 0.1) is 5.52 Å². The standard InChI is InChI=1S/C19H27N3O/c1-4-7-8-9-10-13-16-19(5-2,23-6-3)22-18-15-12-11-14-17(18)20-21-22/h2,11-12,14-15H,4,6-10,13,16H2,1,3H3. The number of rotatable bonds is 10. The molecule has 0 saturated carbocycles. The fourth-order valence-corrected chi connectivity index (χ4v) is 2.93. The van der Waals surface area contributed by atoms with Crippen molar-refractivity contribution < 1.29 is 4.74 Å². The van der Waals surface area contributed by atoms with Crippen molar-refractivity contribution in [2.75, 3.05) is 6.61 Å². The van der Waals surface area contributed by atoms with Crippen LogP contribution in [-0.4, -0.2) is 21.6 Å². The molecule has 0 N–H and O–H groups in total. The van der Waals surface area contributed by atoms with E-state index in [4.69, 9.17) is 11.2 Å². The molecule has 0 aliphatic carbocycles. The van der Waals surface area contributed by atoms with Gasteiger partial charge in [0, 0.05) is 13.0 Å². The molecule has 2 aromatic rings. The number of para-hydroxylation sites is 1. The van der Waals surface area contributed by atoms with Gasteiger partial charge in [0.1, 0.15) is 5.52 Å². The summed E-state index contributed by atoms with van der Waals surface area (Å²) in [7, 11) is 0. The quantitative estimate of drug-likeness (QED) is 0.479. The van der Waals surface area contributed by atoms with E-state index in [-0.39, 0.29) is 0 Å². The summed E-state index contributed by atoms with van der Waals surface area (Å²) in [5.74, 6) is 2.85. The Labute approximate surface area is 139 Å². The number of hydrogen-bond acceptors (Lipinski definition) is 3. The van der Waals surface area contributed by atoms with E-state index in [9.17, 15) is 0 Å². The molecule has 4 nitrogen and oxygen atoms in total. The van der Waals surface area contributed by atoms with Crippen LogP contribution in [0.25, 0.3) is 11.0 Å². The number of hydrogen-bond donors (Lipinski definition) is 0. The number of terminal acetylenes is 1. The van der Waals surface area contributed by atoms with Gasteiger partial charge in [0.2, 0.25) is 5.72 Å². The Morgan fingerprint density at radius 3 is 2.61 bits per heavy atom. The molecule has 0 spiro atoms. The summed E-state index contributed by atoms with van der Waals surface area (Å²) in [6, 6.07) is 7.85. The molecule has 0 radical (unpaired) electrons. The number of unbranched alkanes of at least 4 members (excludes halogenated alkanes) is 5. The number of ether oxygens (including phenoxy) is 1. The molecule has 0 saturated heterocycles. The zero-order valence-corrected chi connectivity index (χ0v) is 14.3. The van der Waals surface area contributed by atoms with Crippen molar-refractivity contribution >= 4 is 11.0 Å². The summed E-state index contributed by atoms with van der Waals surface area (Å²) in [5, 5.41) is 8.51. The lowest BCUT2D eigenvalue weighted by molar-refractivity contribution is -0.0678. The first-order valence-corrected chi connectivity index (χ1v) is 8.70. The fraction of sp³-hybridized carbons (Fsp3) is 0.579. The van der Waals surface area contributed by atoms with Gasteiger partial charge in [-0.1, -0.05) is 56.4 Å². The number of aromatic nitrogens is 3. The Hall–Kier alpha value is -1.86. The maximum atomic E-state index is 5.98. The fourth-order valence-electron chi connectivity index (χ4n) is 2.93. The van der Waals surface area contributed by atoms with Crippen molar-refractivity contribution in [1.29, 1.82) is 0 Å². The van der Waals surface area contributed by atoms with E-state index in [0.717, 1.165) is 23.9 Å². The molecule has 0 fully saturated rings. The molecule has 2 rings (SSSR count). The van der Waals surface area contributed by atoms with Crippen molar-refractivity contribution in [3.8, 4) is 12.3 Å². The van der Waals surface area contributed by atoms with Crippen LogP contribution in [0.3, 0.4) is 0 Å². The highest BCUT2D eigenvalue weighted by Crippen LogP contribution is 2.28. The summed E-state index contributed by atoms with van der Waals surface area (Å²) in [6.45, 7) is 4.74. The normalized spacial score (nSPS) is 13.8. The summed E-state index contributed by atoms with van der Waals surface area (Å²) in [4.78, 5) is 0. The smallest absolute Gasteiger partial charge is 0.225 e. The molecule has 0 aliphatic rings. The largest absolute Gasteiger partial charge is 0.344 e. The van der Waals surface area contributed by atoms with E-state index in [1.807, 2.05) is 31.2 Å². The van der Waals surface area contributed by atoms with Gasteiger partial charge in [-0.15, -0.1) is 11.5 Å². The zero-order valence-electron chi connectivity index (χ0n) is 14.3. The molecular formula is C19H27N3O. The van der Waals surface area contributed by atoms with Gasteiger partial charge >= 0.3 is 0 Å². The lowest BCUT2D eigenvalue weighted by Crippen LogP contribution is -2.36. The Kier molecular flexibility index (Phi) is 6.61. The summed E-state index contributed by atoms with van der Waals surface area (Å²) >= 11 is 0. The molecule has 0 bridgehead atoms. The van der Waals surface area contributed by atoms with Gasteiger partial charge < -0.3 is 4.74 Å². The molecule has 1 heterocycles. The van der Waals surface area contributed by atoms with Crippen LogP contribution >= 0.6 is 0 Å². The third-order valence-corrected chi connectivity index (χ3v) is 4.17. The van der Waals surface area contributed by atoms with Crippen LogP contribution in [0.2, 0.25) is 0 Å². The van der Waals surface area contributed by atoms with Crippen molar-refractivity contribution in [3.63, 3.8) is 0 Å².